The molecule has 1 aromatic heterocycles. The second kappa shape index (κ2) is 6.63. The molecule has 2 heterocycles. The van der Waals surface area contributed by atoms with Crippen LogP contribution < -0.4 is 11.1 Å². The third kappa shape index (κ3) is 4.29. The summed E-state index contributed by atoms with van der Waals surface area (Å²) in [6.45, 7) is 5.04. The topological polar surface area (TPSA) is 71.2 Å². The van der Waals surface area contributed by atoms with Crippen LogP contribution in [0.3, 0.4) is 0 Å². The van der Waals surface area contributed by atoms with Gasteiger partial charge in [0.2, 0.25) is 5.91 Å². The molecule has 5 nitrogen and oxygen atoms in total. The zero-order valence-electron chi connectivity index (χ0n) is 11.4. The van der Waals surface area contributed by atoms with Crippen LogP contribution in [0.15, 0.2) is 18.3 Å². The number of aromatic nitrogens is 1. The van der Waals surface area contributed by atoms with Gasteiger partial charge in [-0.05, 0) is 30.5 Å². The molecule has 1 aromatic rings. The smallest absolute Gasteiger partial charge is 0.217 e. The number of nitrogens with one attached hydrogen (secondary N) is 1. The van der Waals surface area contributed by atoms with Crippen molar-refractivity contribution in [1.29, 1.82) is 0 Å². The molecule has 0 aromatic carbocycles. The van der Waals surface area contributed by atoms with Gasteiger partial charge < -0.3 is 11.1 Å². The minimum Gasteiger partial charge on any atom is -0.354 e. The molecule has 0 spiro atoms. The summed E-state index contributed by atoms with van der Waals surface area (Å²) in [5, 5.41) is 2.99. The summed E-state index contributed by atoms with van der Waals surface area (Å²) in [4.78, 5) is 17.6. The number of nitrogens with zero attached hydrogens (tertiary/aromatic N) is 2. The van der Waals surface area contributed by atoms with E-state index in [1.165, 1.54) is 5.56 Å². The zero-order valence-corrected chi connectivity index (χ0v) is 11.4. The predicted molar refractivity (Wildman–Crippen MR) is 74.2 cm³/mol. The van der Waals surface area contributed by atoms with Gasteiger partial charge in [-0.1, -0.05) is 0 Å². The average Bonchev–Trinajstić information content (AvgIpc) is 2.41. The van der Waals surface area contributed by atoms with Crippen molar-refractivity contribution < 1.29 is 4.79 Å². The fraction of sp³-hybridized carbons (Fsp3) is 0.571. The van der Waals surface area contributed by atoms with Crippen molar-refractivity contribution in [2.75, 3.05) is 13.1 Å². The molecule has 0 aliphatic carbocycles. The van der Waals surface area contributed by atoms with E-state index in [2.05, 4.69) is 21.3 Å². The van der Waals surface area contributed by atoms with Gasteiger partial charge in [0, 0.05) is 45.3 Å². The lowest BCUT2D eigenvalue weighted by Gasteiger charge is -2.32. The molecule has 1 aliphatic rings. The van der Waals surface area contributed by atoms with E-state index in [4.69, 9.17) is 5.73 Å². The third-order valence-corrected chi connectivity index (χ3v) is 3.49. The van der Waals surface area contributed by atoms with Crippen molar-refractivity contribution in [3.63, 3.8) is 0 Å². The summed E-state index contributed by atoms with van der Waals surface area (Å²) in [5.41, 5.74) is 7.79. The van der Waals surface area contributed by atoms with E-state index in [9.17, 15) is 4.79 Å². The number of carbonyl (C=O) groups excluding carboxylic acids is 1. The van der Waals surface area contributed by atoms with E-state index in [0.29, 0.717) is 12.6 Å². The molecule has 1 amide bonds. The molecule has 0 radical (unpaired) electrons. The van der Waals surface area contributed by atoms with Crippen molar-refractivity contribution in [2.45, 2.75) is 38.9 Å². The Morgan fingerprint density at radius 2 is 2.26 bits per heavy atom. The van der Waals surface area contributed by atoms with E-state index < -0.39 is 0 Å². The summed E-state index contributed by atoms with van der Waals surface area (Å²) in [6.07, 6.45) is 3.87. The van der Waals surface area contributed by atoms with Gasteiger partial charge in [-0.3, -0.25) is 14.7 Å². The van der Waals surface area contributed by atoms with Gasteiger partial charge in [0.05, 0.1) is 5.69 Å². The minimum atomic E-state index is 0.0696. The van der Waals surface area contributed by atoms with Crippen molar-refractivity contribution in [3.05, 3.63) is 29.6 Å². The monoisotopic (exact) mass is 262 g/mol. The van der Waals surface area contributed by atoms with Crippen molar-refractivity contribution >= 4 is 5.91 Å². The molecule has 5 heteroatoms. The van der Waals surface area contributed by atoms with Gasteiger partial charge in [0.15, 0.2) is 0 Å². The molecule has 3 N–H and O–H groups in total. The molecule has 19 heavy (non-hydrogen) atoms. The first-order chi connectivity index (χ1) is 9.17. The molecule has 2 rings (SSSR count). The molecule has 0 atom stereocenters. The van der Waals surface area contributed by atoms with Gasteiger partial charge in [0.25, 0.3) is 0 Å². The van der Waals surface area contributed by atoms with Crippen LogP contribution in [0.4, 0.5) is 0 Å². The fourth-order valence-electron chi connectivity index (χ4n) is 2.52. The lowest BCUT2D eigenvalue weighted by molar-refractivity contribution is -0.119. The minimum absolute atomic E-state index is 0.0696. The van der Waals surface area contributed by atoms with Crippen LogP contribution in [0.1, 0.15) is 31.0 Å². The van der Waals surface area contributed by atoms with Crippen LogP contribution in [-0.2, 0) is 17.9 Å². The Kier molecular flexibility index (Phi) is 4.87. The maximum Gasteiger partial charge on any atom is 0.217 e. The van der Waals surface area contributed by atoms with Gasteiger partial charge in [0.1, 0.15) is 0 Å². The third-order valence-electron chi connectivity index (χ3n) is 3.49. The number of nitrogens with two attached hydrogens (primary N) is 1. The Hall–Kier alpha value is -1.46. The Bertz CT molecular complexity index is 427. The molecule has 0 unspecified atom stereocenters. The lowest BCUT2D eigenvalue weighted by atomic mass is 10.0. The average molecular weight is 262 g/mol. The Morgan fingerprint density at radius 3 is 2.89 bits per heavy atom. The number of amides is 1. The number of likely N-dealkylation sites (tertiary alicyclic amines) is 1. The van der Waals surface area contributed by atoms with E-state index in [0.717, 1.165) is 38.2 Å². The molecule has 1 aliphatic heterocycles. The number of hydrogen-bond donors (Lipinski definition) is 2. The molecule has 1 saturated heterocycles. The quantitative estimate of drug-likeness (QED) is 0.835. The number of carbonyl (C=O) groups is 1. The van der Waals surface area contributed by atoms with Crippen LogP contribution in [0.5, 0.6) is 0 Å². The first kappa shape index (κ1) is 14.0. The number of pyridine rings is 1. The van der Waals surface area contributed by atoms with Crippen LogP contribution in [-0.4, -0.2) is 34.9 Å². The maximum absolute atomic E-state index is 11.0. The maximum atomic E-state index is 11.0. The summed E-state index contributed by atoms with van der Waals surface area (Å²) >= 11 is 0. The van der Waals surface area contributed by atoms with E-state index in [1.54, 1.807) is 6.92 Å². The highest BCUT2D eigenvalue weighted by atomic mass is 16.1. The summed E-state index contributed by atoms with van der Waals surface area (Å²) < 4.78 is 0. The zero-order chi connectivity index (χ0) is 13.7. The Labute approximate surface area is 114 Å². The normalized spacial score (nSPS) is 17.4. The lowest BCUT2D eigenvalue weighted by Crippen LogP contribution is -2.43. The second-order valence-corrected chi connectivity index (χ2v) is 5.11. The number of piperidine rings is 1. The molecular weight excluding hydrogens is 240 g/mol. The van der Waals surface area contributed by atoms with E-state index >= 15 is 0 Å². The highest BCUT2D eigenvalue weighted by Crippen LogP contribution is 2.14. The largest absolute Gasteiger partial charge is 0.354 e. The molecular formula is C14H22N4O. The first-order valence-electron chi connectivity index (χ1n) is 6.80. The highest BCUT2D eigenvalue weighted by molar-refractivity contribution is 5.73. The Morgan fingerprint density at radius 1 is 1.53 bits per heavy atom. The van der Waals surface area contributed by atoms with Crippen molar-refractivity contribution in [3.8, 4) is 0 Å². The van der Waals surface area contributed by atoms with Gasteiger partial charge in [-0.25, -0.2) is 0 Å². The molecule has 1 fully saturated rings. The SMILES string of the molecule is CC(=O)NC1CCN(Cc2ccnc(CN)c2)CC1. The number of hydrogen-bond acceptors (Lipinski definition) is 4. The van der Waals surface area contributed by atoms with Crippen molar-refractivity contribution in [2.24, 2.45) is 5.73 Å². The van der Waals surface area contributed by atoms with Crippen LogP contribution in [0.25, 0.3) is 0 Å². The predicted octanol–water partition coefficient (Wildman–Crippen LogP) is 0.641. The van der Waals surface area contributed by atoms with Crippen molar-refractivity contribution in [1.82, 2.24) is 15.2 Å². The standard InChI is InChI=1S/C14H22N4O/c1-11(19)17-13-3-6-18(7-4-13)10-12-2-5-16-14(8-12)9-15/h2,5,8,13H,3-4,6-7,9-10,15H2,1H3,(H,17,19). The van der Waals surface area contributed by atoms with Gasteiger partial charge in [-0.15, -0.1) is 0 Å². The molecule has 0 saturated carbocycles. The molecule has 0 bridgehead atoms. The Balaban J connectivity index is 1.83. The van der Waals surface area contributed by atoms with Crippen LogP contribution in [0.2, 0.25) is 0 Å². The fourth-order valence-corrected chi connectivity index (χ4v) is 2.52. The van der Waals surface area contributed by atoms with Crippen LogP contribution >= 0.6 is 0 Å². The summed E-state index contributed by atoms with van der Waals surface area (Å²) in [6, 6.07) is 4.45. The van der Waals surface area contributed by atoms with Crippen LogP contribution in [0, 0.1) is 0 Å². The van der Waals surface area contributed by atoms with E-state index in [-0.39, 0.29) is 5.91 Å². The first-order valence-corrected chi connectivity index (χ1v) is 6.80. The highest BCUT2D eigenvalue weighted by Gasteiger charge is 2.19. The van der Waals surface area contributed by atoms with Gasteiger partial charge >= 0.3 is 0 Å². The second-order valence-electron chi connectivity index (χ2n) is 5.11. The van der Waals surface area contributed by atoms with Gasteiger partial charge in [-0.2, -0.15) is 0 Å². The van der Waals surface area contributed by atoms with E-state index in [1.807, 2.05) is 12.3 Å². The summed E-state index contributed by atoms with van der Waals surface area (Å²) in [7, 11) is 0. The molecule has 104 valence electrons. The summed E-state index contributed by atoms with van der Waals surface area (Å²) in [5.74, 6) is 0.0696. The number of rotatable bonds is 4.